The van der Waals surface area contributed by atoms with Crippen molar-refractivity contribution in [3.05, 3.63) is 95.8 Å². The molecule has 3 aromatic rings. The number of pyridine rings is 1. The van der Waals surface area contributed by atoms with Crippen LogP contribution in [0.2, 0.25) is 0 Å². The van der Waals surface area contributed by atoms with Crippen LogP contribution in [0, 0.1) is 5.92 Å². The van der Waals surface area contributed by atoms with E-state index < -0.39 is 0 Å². The van der Waals surface area contributed by atoms with Gasteiger partial charge >= 0.3 is 0 Å². The lowest BCUT2D eigenvalue weighted by molar-refractivity contribution is 0.144. The summed E-state index contributed by atoms with van der Waals surface area (Å²) in [5, 5.41) is 4.70. The molecule has 0 amide bonds. The number of benzene rings is 2. The van der Waals surface area contributed by atoms with Crippen molar-refractivity contribution in [1.82, 2.24) is 10.4 Å². The van der Waals surface area contributed by atoms with E-state index in [4.69, 9.17) is 9.84 Å². The lowest BCUT2D eigenvalue weighted by atomic mass is 9.79. The van der Waals surface area contributed by atoms with E-state index in [1.54, 1.807) is 0 Å². The van der Waals surface area contributed by atoms with E-state index in [9.17, 15) is 0 Å². The molecule has 3 heterocycles. The fourth-order valence-corrected chi connectivity index (χ4v) is 3.77. The number of hydrogen-bond donors (Lipinski definition) is 1. The van der Waals surface area contributed by atoms with Gasteiger partial charge in [-0.25, -0.2) is 0 Å². The van der Waals surface area contributed by atoms with Crippen molar-refractivity contribution in [3.63, 3.8) is 0 Å². The third-order valence-electron chi connectivity index (χ3n) is 4.94. The lowest BCUT2D eigenvalue weighted by Crippen LogP contribution is -2.34. The summed E-state index contributed by atoms with van der Waals surface area (Å²) >= 11 is 0. The lowest BCUT2D eigenvalue weighted by Gasteiger charge is -2.35. The number of hydrogen-bond acceptors (Lipinski definition) is 4. The topological polar surface area (TPSA) is 46.5 Å². The molecule has 2 aliphatic rings. The zero-order valence-electron chi connectivity index (χ0n) is 13.5. The second-order valence-corrected chi connectivity index (χ2v) is 6.36. The molecule has 3 atom stereocenters. The molecule has 0 radical (unpaired) electrons. The zero-order valence-corrected chi connectivity index (χ0v) is 13.5. The van der Waals surface area contributed by atoms with E-state index in [-0.39, 0.29) is 18.1 Å². The first-order chi connectivity index (χ1) is 12.4. The molecule has 0 bridgehead atoms. The van der Waals surface area contributed by atoms with Gasteiger partial charge in [0.25, 0.3) is 0 Å². The maximum absolute atomic E-state index is 6.45. The van der Waals surface area contributed by atoms with Crippen molar-refractivity contribution >= 4 is 5.71 Å². The van der Waals surface area contributed by atoms with Crippen LogP contribution in [-0.2, 0) is 0 Å². The summed E-state index contributed by atoms with van der Waals surface area (Å²) in [5.41, 5.74) is 7.81. The van der Waals surface area contributed by atoms with Gasteiger partial charge in [-0.05, 0) is 35.4 Å². The van der Waals surface area contributed by atoms with E-state index in [1.807, 2.05) is 48.8 Å². The van der Waals surface area contributed by atoms with E-state index >= 15 is 0 Å². The Labute approximate surface area is 146 Å². The average Bonchev–Trinajstić information content (AvgIpc) is 3.14. The van der Waals surface area contributed by atoms with Crippen LogP contribution in [0.3, 0.4) is 0 Å². The monoisotopic (exact) mass is 327 g/mol. The van der Waals surface area contributed by atoms with Gasteiger partial charge in [0, 0.05) is 18.0 Å². The van der Waals surface area contributed by atoms with Crippen molar-refractivity contribution in [2.75, 3.05) is 0 Å². The highest BCUT2D eigenvalue weighted by Gasteiger charge is 2.45. The minimum atomic E-state index is -0.0805. The standard InChI is InChI=1S/C21H17N3O/c1-2-6-15(7-3-1)21-18-19(14-10-12-22-13-11-14)23-24-20(18)16-8-4-5-9-17(16)25-21/h1-13,18-19,21,23H. The van der Waals surface area contributed by atoms with Crippen LogP contribution in [-0.4, -0.2) is 10.7 Å². The fraction of sp³-hybridized carbons (Fsp3) is 0.143. The molecule has 0 aliphatic carbocycles. The van der Waals surface area contributed by atoms with E-state index in [1.165, 1.54) is 5.56 Å². The largest absolute Gasteiger partial charge is 0.484 e. The smallest absolute Gasteiger partial charge is 0.135 e. The summed E-state index contributed by atoms with van der Waals surface area (Å²) in [4.78, 5) is 4.14. The maximum atomic E-state index is 6.45. The maximum Gasteiger partial charge on any atom is 0.135 e. The molecule has 2 aromatic carbocycles. The summed E-state index contributed by atoms with van der Waals surface area (Å²) in [6.45, 7) is 0. The Bertz CT molecular complexity index is 924. The third kappa shape index (κ3) is 2.30. The molecule has 0 fully saturated rings. The molecule has 2 aliphatic heterocycles. The zero-order chi connectivity index (χ0) is 16.6. The number of nitrogens with one attached hydrogen (secondary N) is 1. The molecule has 0 saturated carbocycles. The Morgan fingerprint density at radius 2 is 1.56 bits per heavy atom. The minimum absolute atomic E-state index is 0.0663. The number of rotatable bonds is 2. The minimum Gasteiger partial charge on any atom is -0.484 e. The van der Waals surface area contributed by atoms with Crippen LogP contribution in [0.5, 0.6) is 5.75 Å². The van der Waals surface area contributed by atoms with Crippen LogP contribution in [0.25, 0.3) is 0 Å². The number of hydrazone groups is 1. The number of fused-ring (bicyclic) bond motifs is 3. The van der Waals surface area contributed by atoms with Crippen molar-refractivity contribution < 1.29 is 4.74 Å². The van der Waals surface area contributed by atoms with Gasteiger partial charge in [-0.1, -0.05) is 42.5 Å². The van der Waals surface area contributed by atoms with Crippen molar-refractivity contribution in [1.29, 1.82) is 0 Å². The van der Waals surface area contributed by atoms with Crippen LogP contribution < -0.4 is 10.2 Å². The molecule has 1 N–H and O–H groups in total. The average molecular weight is 327 g/mol. The second kappa shape index (κ2) is 5.74. The molecule has 3 unspecified atom stereocenters. The molecular formula is C21H17N3O. The molecule has 25 heavy (non-hydrogen) atoms. The molecular weight excluding hydrogens is 310 g/mol. The highest BCUT2D eigenvalue weighted by atomic mass is 16.5. The summed E-state index contributed by atoms with van der Waals surface area (Å²) in [6, 6.07) is 22.7. The number of aromatic nitrogens is 1. The molecule has 5 rings (SSSR count). The van der Waals surface area contributed by atoms with Gasteiger partial charge in [0.15, 0.2) is 0 Å². The Hall–Kier alpha value is -3.14. The highest BCUT2D eigenvalue weighted by Crippen LogP contribution is 2.46. The van der Waals surface area contributed by atoms with Gasteiger partial charge in [0.2, 0.25) is 0 Å². The second-order valence-electron chi connectivity index (χ2n) is 6.36. The molecule has 0 saturated heterocycles. The van der Waals surface area contributed by atoms with Gasteiger partial charge in [0.05, 0.1) is 17.7 Å². The summed E-state index contributed by atoms with van der Waals surface area (Å²) in [7, 11) is 0. The fourth-order valence-electron chi connectivity index (χ4n) is 3.77. The SMILES string of the molecule is c1ccc(C2Oc3ccccc3C3=NNC(c4ccncc4)C32)cc1. The molecule has 1 aromatic heterocycles. The first-order valence-electron chi connectivity index (χ1n) is 8.46. The van der Waals surface area contributed by atoms with Gasteiger partial charge in [-0.3, -0.25) is 4.98 Å². The van der Waals surface area contributed by atoms with Crippen molar-refractivity contribution in [3.8, 4) is 5.75 Å². The third-order valence-corrected chi connectivity index (χ3v) is 4.94. The summed E-state index contributed by atoms with van der Waals surface area (Å²) < 4.78 is 6.45. The summed E-state index contributed by atoms with van der Waals surface area (Å²) in [6.07, 6.45) is 3.57. The Morgan fingerprint density at radius 1 is 0.800 bits per heavy atom. The number of ether oxygens (including phenoxy) is 1. The normalized spacial score (nSPS) is 23.7. The highest BCUT2D eigenvalue weighted by molar-refractivity contribution is 6.07. The molecule has 4 heteroatoms. The van der Waals surface area contributed by atoms with Crippen LogP contribution in [0.1, 0.15) is 28.8 Å². The van der Waals surface area contributed by atoms with Gasteiger partial charge < -0.3 is 10.2 Å². The Balaban J connectivity index is 1.64. The van der Waals surface area contributed by atoms with Crippen LogP contribution in [0.4, 0.5) is 0 Å². The van der Waals surface area contributed by atoms with Gasteiger partial charge in [-0.2, -0.15) is 5.10 Å². The predicted molar refractivity (Wildman–Crippen MR) is 96.4 cm³/mol. The summed E-state index contributed by atoms with van der Waals surface area (Å²) in [5.74, 6) is 1.00. The van der Waals surface area contributed by atoms with E-state index in [0.717, 1.165) is 22.6 Å². The molecule has 122 valence electrons. The van der Waals surface area contributed by atoms with Gasteiger partial charge in [0.1, 0.15) is 11.9 Å². The van der Waals surface area contributed by atoms with Gasteiger partial charge in [-0.15, -0.1) is 0 Å². The predicted octanol–water partition coefficient (Wildman–Crippen LogP) is 3.88. The first kappa shape index (κ1) is 14.2. The first-order valence-corrected chi connectivity index (χ1v) is 8.46. The number of nitrogens with zero attached hydrogens (tertiary/aromatic N) is 2. The Morgan fingerprint density at radius 3 is 2.40 bits per heavy atom. The van der Waals surface area contributed by atoms with Crippen molar-refractivity contribution in [2.24, 2.45) is 11.0 Å². The Kier molecular flexibility index (Phi) is 3.27. The van der Waals surface area contributed by atoms with Crippen LogP contribution in [0.15, 0.2) is 84.2 Å². The number of para-hydroxylation sites is 1. The molecule has 0 spiro atoms. The molecule has 4 nitrogen and oxygen atoms in total. The van der Waals surface area contributed by atoms with Crippen molar-refractivity contribution in [2.45, 2.75) is 12.1 Å². The van der Waals surface area contributed by atoms with Crippen LogP contribution >= 0.6 is 0 Å². The van der Waals surface area contributed by atoms with E-state index in [2.05, 4.69) is 40.7 Å². The van der Waals surface area contributed by atoms with E-state index in [0.29, 0.717) is 0 Å². The quantitative estimate of drug-likeness (QED) is 0.777.